The van der Waals surface area contributed by atoms with Crippen LogP contribution in [0.3, 0.4) is 0 Å². The number of nitrogens with one attached hydrogen (secondary N) is 2. The average molecular weight is 238 g/mol. The molecule has 0 heterocycles. The third kappa shape index (κ3) is 4.84. The summed E-state index contributed by atoms with van der Waals surface area (Å²) in [6, 6.07) is 3.65. The molecule has 0 amide bonds. The maximum absolute atomic E-state index is 13.7. The molecule has 0 aliphatic carbocycles. The number of hydrogen-bond donors (Lipinski definition) is 2. The van der Waals surface area contributed by atoms with E-state index >= 15 is 0 Å². The molecule has 0 saturated carbocycles. The van der Waals surface area contributed by atoms with Crippen LogP contribution in [-0.2, 0) is 6.42 Å². The molecule has 0 radical (unpaired) electrons. The van der Waals surface area contributed by atoms with E-state index in [2.05, 4.69) is 17.6 Å². The molecule has 0 spiro atoms. The molecule has 0 aliphatic heterocycles. The molecule has 0 saturated heterocycles. The first-order valence-corrected chi connectivity index (χ1v) is 6.32. The molecular weight excluding hydrogens is 215 g/mol. The molecule has 0 aliphatic rings. The second-order valence-electron chi connectivity index (χ2n) is 4.40. The van der Waals surface area contributed by atoms with Gasteiger partial charge in [-0.25, -0.2) is 4.39 Å². The normalized spacial score (nSPS) is 10.8. The van der Waals surface area contributed by atoms with Crippen LogP contribution in [0.4, 0.5) is 4.39 Å². The number of aryl methyl sites for hydroxylation is 2. The first kappa shape index (κ1) is 14.1. The van der Waals surface area contributed by atoms with Crippen LogP contribution in [0.15, 0.2) is 12.1 Å². The highest BCUT2D eigenvalue weighted by molar-refractivity contribution is 5.32. The summed E-state index contributed by atoms with van der Waals surface area (Å²) in [5.41, 5.74) is 2.88. The maximum atomic E-state index is 13.7. The summed E-state index contributed by atoms with van der Waals surface area (Å²) < 4.78 is 13.7. The summed E-state index contributed by atoms with van der Waals surface area (Å²) in [7, 11) is 0. The fourth-order valence-corrected chi connectivity index (χ4v) is 1.95. The zero-order chi connectivity index (χ0) is 12.7. The molecule has 2 N–H and O–H groups in total. The van der Waals surface area contributed by atoms with E-state index in [9.17, 15) is 4.39 Å². The standard InChI is InChI=1S/C14H23FN2/c1-4-16-7-8-17-6-5-13-12(3)9-11(2)10-14(13)15/h9-10,16-17H,4-8H2,1-3H3. The van der Waals surface area contributed by atoms with Crippen molar-refractivity contribution < 1.29 is 4.39 Å². The zero-order valence-corrected chi connectivity index (χ0v) is 11.1. The topological polar surface area (TPSA) is 24.1 Å². The summed E-state index contributed by atoms with van der Waals surface area (Å²) in [4.78, 5) is 0. The molecule has 0 atom stereocenters. The Kier molecular flexibility index (Phi) is 6.16. The molecule has 2 nitrogen and oxygen atoms in total. The van der Waals surface area contributed by atoms with Gasteiger partial charge >= 0.3 is 0 Å². The van der Waals surface area contributed by atoms with E-state index in [-0.39, 0.29) is 5.82 Å². The second-order valence-corrected chi connectivity index (χ2v) is 4.40. The van der Waals surface area contributed by atoms with E-state index < -0.39 is 0 Å². The van der Waals surface area contributed by atoms with Gasteiger partial charge in [0.05, 0.1) is 0 Å². The first-order valence-electron chi connectivity index (χ1n) is 6.32. The Morgan fingerprint density at radius 3 is 2.41 bits per heavy atom. The lowest BCUT2D eigenvalue weighted by molar-refractivity contribution is 0.587. The Balaban J connectivity index is 2.36. The minimum absolute atomic E-state index is 0.0732. The second kappa shape index (κ2) is 7.41. The van der Waals surface area contributed by atoms with Crippen LogP contribution in [0.1, 0.15) is 23.6 Å². The van der Waals surface area contributed by atoms with Gasteiger partial charge in [-0.3, -0.25) is 0 Å². The summed E-state index contributed by atoms with van der Waals surface area (Å²) >= 11 is 0. The van der Waals surface area contributed by atoms with Gasteiger partial charge in [-0.1, -0.05) is 13.0 Å². The predicted molar refractivity (Wildman–Crippen MR) is 71.0 cm³/mol. The molecule has 0 unspecified atom stereocenters. The van der Waals surface area contributed by atoms with Gasteiger partial charge in [-0.2, -0.15) is 0 Å². The van der Waals surface area contributed by atoms with Crippen molar-refractivity contribution in [3.8, 4) is 0 Å². The Morgan fingerprint density at radius 1 is 1.06 bits per heavy atom. The van der Waals surface area contributed by atoms with Crippen molar-refractivity contribution in [2.24, 2.45) is 0 Å². The lowest BCUT2D eigenvalue weighted by Gasteiger charge is -2.10. The van der Waals surface area contributed by atoms with Crippen LogP contribution in [0, 0.1) is 19.7 Å². The molecule has 1 rings (SSSR count). The van der Waals surface area contributed by atoms with Crippen molar-refractivity contribution in [1.82, 2.24) is 10.6 Å². The van der Waals surface area contributed by atoms with E-state index in [1.54, 1.807) is 6.07 Å². The van der Waals surface area contributed by atoms with Crippen LogP contribution in [0.25, 0.3) is 0 Å². The van der Waals surface area contributed by atoms with Gasteiger partial charge in [0, 0.05) is 13.1 Å². The summed E-state index contributed by atoms with van der Waals surface area (Å²) in [6.45, 7) is 9.70. The van der Waals surface area contributed by atoms with Gasteiger partial charge in [-0.15, -0.1) is 0 Å². The molecule has 1 aromatic rings. The summed E-state index contributed by atoms with van der Waals surface area (Å²) in [5.74, 6) is -0.0732. The van der Waals surface area contributed by atoms with Crippen molar-refractivity contribution >= 4 is 0 Å². The van der Waals surface area contributed by atoms with Crippen LogP contribution < -0.4 is 10.6 Å². The van der Waals surface area contributed by atoms with Gasteiger partial charge in [0.15, 0.2) is 0 Å². The molecule has 1 aromatic carbocycles. The highest BCUT2D eigenvalue weighted by atomic mass is 19.1. The number of halogens is 1. The molecule has 0 aromatic heterocycles. The Labute approximate surface area is 104 Å². The fraction of sp³-hybridized carbons (Fsp3) is 0.571. The van der Waals surface area contributed by atoms with Crippen LogP contribution >= 0.6 is 0 Å². The summed E-state index contributed by atoms with van der Waals surface area (Å²) in [6.07, 6.45) is 0.754. The SMILES string of the molecule is CCNCCNCCc1c(C)cc(C)cc1F. The Bertz CT molecular complexity index is 327. The predicted octanol–water partition coefficient (Wildman–Crippen LogP) is 2.18. The number of rotatable bonds is 7. The van der Waals surface area contributed by atoms with Gasteiger partial charge in [0.2, 0.25) is 0 Å². The average Bonchev–Trinajstić information content (AvgIpc) is 2.26. The molecular formula is C14H23FN2. The van der Waals surface area contributed by atoms with Crippen LogP contribution in [-0.4, -0.2) is 26.2 Å². The highest BCUT2D eigenvalue weighted by Crippen LogP contribution is 2.15. The lowest BCUT2D eigenvalue weighted by Crippen LogP contribution is -2.28. The fourth-order valence-electron chi connectivity index (χ4n) is 1.95. The highest BCUT2D eigenvalue weighted by Gasteiger charge is 2.06. The number of hydrogen-bond acceptors (Lipinski definition) is 2. The largest absolute Gasteiger partial charge is 0.316 e. The van der Waals surface area contributed by atoms with Gasteiger partial charge in [0.25, 0.3) is 0 Å². The van der Waals surface area contributed by atoms with Gasteiger partial charge in [-0.05, 0) is 56.1 Å². The van der Waals surface area contributed by atoms with Crippen LogP contribution in [0.5, 0.6) is 0 Å². The van der Waals surface area contributed by atoms with E-state index in [1.807, 2.05) is 19.9 Å². The molecule has 3 heteroatoms. The lowest BCUT2D eigenvalue weighted by atomic mass is 10.0. The van der Waals surface area contributed by atoms with Crippen LogP contribution in [0.2, 0.25) is 0 Å². The van der Waals surface area contributed by atoms with E-state index in [4.69, 9.17) is 0 Å². The first-order chi connectivity index (χ1) is 8.15. The van der Waals surface area contributed by atoms with E-state index in [0.29, 0.717) is 0 Å². The number of benzene rings is 1. The van der Waals surface area contributed by atoms with E-state index in [1.165, 1.54) is 0 Å². The van der Waals surface area contributed by atoms with Crippen molar-refractivity contribution in [1.29, 1.82) is 0 Å². The van der Waals surface area contributed by atoms with Crippen molar-refractivity contribution in [3.63, 3.8) is 0 Å². The maximum Gasteiger partial charge on any atom is 0.126 e. The van der Waals surface area contributed by atoms with E-state index in [0.717, 1.165) is 49.3 Å². The smallest absolute Gasteiger partial charge is 0.126 e. The minimum atomic E-state index is -0.0732. The zero-order valence-electron chi connectivity index (χ0n) is 11.1. The molecule has 0 bridgehead atoms. The van der Waals surface area contributed by atoms with Crippen molar-refractivity contribution in [3.05, 3.63) is 34.6 Å². The summed E-state index contributed by atoms with van der Waals surface area (Å²) in [5, 5.41) is 6.55. The van der Waals surface area contributed by atoms with Gasteiger partial charge in [0.1, 0.15) is 5.82 Å². The monoisotopic (exact) mass is 238 g/mol. The number of likely N-dealkylation sites (N-methyl/N-ethyl adjacent to an activating group) is 1. The Morgan fingerprint density at radius 2 is 1.76 bits per heavy atom. The third-order valence-corrected chi connectivity index (χ3v) is 2.84. The molecule has 96 valence electrons. The van der Waals surface area contributed by atoms with Crippen molar-refractivity contribution in [2.45, 2.75) is 27.2 Å². The quantitative estimate of drug-likeness (QED) is 0.712. The molecule has 0 fully saturated rings. The van der Waals surface area contributed by atoms with Crippen molar-refractivity contribution in [2.75, 3.05) is 26.2 Å². The molecule has 17 heavy (non-hydrogen) atoms. The Hall–Kier alpha value is -0.930. The van der Waals surface area contributed by atoms with Gasteiger partial charge < -0.3 is 10.6 Å². The third-order valence-electron chi connectivity index (χ3n) is 2.84. The minimum Gasteiger partial charge on any atom is -0.316 e.